The molecule has 1 aromatic rings. The minimum Gasteiger partial charge on any atom is -0.391 e. The molecule has 1 aliphatic heterocycles. The second-order valence-electron chi connectivity index (χ2n) is 5.65. The molecule has 124 valence electrons. The predicted molar refractivity (Wildman–Crippen MR) is 75.4 cm³/mol. The largest absolute Gasteiger partial charge is 0.416 e. The number of aliphatic hydroxyl groups is 1. The molecule has 2 rings (SSSR count). The number of hydrogen-bond donors (Lipinski definition) is 1. The topological polar surface area (TPSA) is 57.6 Å². The molecule has 0 radical (unpaired) electrons. The molecule has 0 bridgehead atoms. The number of benzene rings is 1. The minimum absolute atomic E-state index is 0.0114. The third kappa shape index (κ3) is 3.99. The van der Waals surface area contributed by atoms with Gasteiger partial charge in [-0.25, -0.2) is 8.42 Å². The van der Waals surface area contributed by atoms with E-state index in [1.807, 2.05) is 6.92 Å². The normalized spacial score (nSPS) is 24.4. The van der Waals surface area contributed by atoms with Crippen molar-refractivity contribution in [3.05, 3.63) is 35.4 Å². The Morgan fingerprint density at radius 3 is 2.64 bits per heavy atom. The highest BCUT2D eigenvalue weighted by molar-refractivity contribution is 7.88. The maximum atomic E-state index is 12.7. The smallest absolute Gasteiger partial charge is 0.391 e. The summed E-state index contributed by atoms with van der Waals surface area (Å²) in [6, 6.07) is 4.31. The zero-order chi connectivity index (χ0) is 16.5. The third-order valence-corrected chi connectivity index (χ3v) is 5.69. The molecule has 0 aromatic heterocycles. The molecule has 0 amide bonds. The van der Waals surface area contributed by atoms with Crippen LogP contribution in [0.1, 0.15) is 24.5 Å². The summed E-state index contributed by atoms with van der Waals surface area (Å²) in [5.74, 6) is -0.488. The number of aliphatic hydroxyl groups excluding tert-OH is 1. The second kappa shape index (κ2) is 6.17. The number of sulfonamides is 1. The Morgan fingerprint density at radius 2 is 2.05 bits per heavy atom. The highest BCUT2D eigenvalue weighted by atomic mass is 32.2. The number of β-amino-alcohol motifs (C(OH)–C–C–N with tert-alkyl or cyclic N) is 1. The molecule has 8 heteroatoms. The molecule has 2 atom stereocenters. The van der Waals surface area contributed by atoms with Crippen LogP contribution >= 0.6 is 0 Å². The molecule has 1 saturated heterocycles. The van der Waals surface area contributed by atoms with Gasteiger partial charge >= 0.3 is 6.18 Å². The van der Waals surface area contributed by atoms with Crippen molar-refractivity contribution in [1.82, 2.24) is 4.31 Å². The zero-order valence-electron chi connectivity index (χ0n) is 12.0. The lowest BCUT2D eigenvalue weighted by Crippen LogP contribution is -2.46. The minimum atomic E-state index is -4.50. The maximum Gasteiger partial charge on any atom is 0.416 e. The first-order valence-electron chi connectivity index (χ1n) is 6.91. The Bertz CT molecular complexity index is 630. The van der Waals surface area contributed by atoms with E-state index < -0.39 is 33.6 Å². The van der Waals surface area contributed by atoms with Crippen LogP contribution in [0.4, 0.5) is 13.2 Å². The standard InChI is InChI=1S/C14H18F3NO3S/c1-10-5-6-18(8-13(10)19)22(20,21)9-11-3-2-4-12(7-11)14(15,16)17/h2-4,7,10,13,19H,5-6,8-9H2,1H3. The van der Waals surface area contributed by atoms with Gasteiger partial charge < -0.3 is 5.11 Å². The number of halogens is 3. The Hall–Kier alpha value is -1.12. The molecule has 1 heterocycles. The van der Waals surface area contributed by atoms with E-state index in [9.17, 15) is 26.7 Å². The Labute approximate surface area is 127 Å². The zero-order valence-corrected chi connectivity index (χ0v) is 12.9. The number of alkyl halides is 3. The first-order chi connectivity index (χ1) is 10.1. The highest BCUT2D eigenvalue weighted by Crippen LogP contribution is 2.30. The van der Waals surface area contributed by atoms with Gasteiger partial charge in [0.2, 0.25) is 10.0 Å². The van der Waals surface area contributed by atoms with E-state index in [4.69, 9.17) is 0 Å². The van der Waals surface area contributed by atoms with Crippen LogP contribution in [-0.2, 0) is 22.0 Å². The average Bonchev–Trinajstić information content (AvgIpc) is 2.40. The van der Waals surface area contributed by atoms with Crippen LogP contribution in [-0.4, -0.2) is 37.0 Å². The third-order valence-electron chi connectivity index (χ3n) is 3.88. The van der Waals surface area contributed by atoms with Crippen LogP contribution in [0.5, 0.6) is 0 Å². The molecule has 1 aliphatic rings. The first-order valence-corrected chi connectivity index (χ1v) is 8.52. The summed E-state index contributed by atoms with van der Waals surface area (Å²) in [5.41, 5.74) is -0.782. The summed E-state index contributed by atoms with van der Waals surface area (Å²) in [7, 11) is -3.75. The van der Waals surface area contributed by atoms with Gasteiger partial charge in [0.05, 0.1) is 17.4 Å². The fraction of sp³-hybridized carbons (Fsp3) is 0.571. The van der Waals surface area contributed by atoms with E-state index in [-0.39, 0.29) is 24.6 Å². The molecular weight excluding hydrogens is 319 g/mol. The molecule has 1 fully saturated rings. The van der Waals surface area contributed by atoms with E-state index in [0.29, 0.717) is 6.42 Å². The number of rotatable bonds is 3. The van der Waals surface area contributed by atoms with Gasteiger partial charge in [-0.05, 0) is 24.0 Å². The lowest BCUT2D eigenvalue weighted by atomic mass is 9.98. The molecule has 0 spiro atoms. The van der Waals surface area contributed by atoms with Crippen molar-refractivity contribution in [2.75, 3.05) is 13.1 Å². The predicted octanol–water partition coefficient (Wildman–Crippen LogP) is 2.24. The number of nitrogens with zero attached hydrogens (tertiary/aromatic N) is 1. The first kappa shape index (κ1) is 17.2. The lowest BCUT2D eigenvalue weighted by Gasteiger charge is -2.33. The summed E-state index contributed by atoms with van der Waals surface area (Å²) in [6.45, 7) is 2.10. The van der Waals surface area contributed by atoms with Gasteiger partial charge in [0.25, 0.3) is 0 Å². The second-order valence-corrected chi connectivity index (χ2v) is 7.61. The van der Waals surface area contributed by atoms with Gasteiger partial charge in [-0.1, -0.05) is 25.1 Å². The molecular formula is C14H18F3NO3S. The maximum absolute atomic E-state index is 12.7. The van der Waals surface area contributed by atoms with Crippen molar-refractivity contribution in [1.29, 1.82) is 0 Å². The van der Waals surface area contributed by atoms with Crippen LogP contribution in [0, 0.1) is 5.92 Å². The summed E-state index contributed by atoms with van der Waals surface area (Å²) in [5, 5.41) is 9.77. The van der Waals surface area contributed by atoms with Gasteiger partial charge in [-0.15, -0.1) is 0 Å². The van der Waals surface area contributed by atoms with Gasteiger partial charge in [0.15, 0.2) is 0 Å². The van der Waals surface area contributed by atoms with Gasteiger partial charge in [0.1, 0.15) is 0 Å². The van der Waals surface area contributed by atoms with E-state index in [1.165, 1.54) is 12.1 Å². The summed E-state index contributed by atoms with van der Waals surface area (Å²) < 4.78 is 63.7. The van der Waals surface area contributed by atoms with Crippen LogP contribution in [0.15, 0.2) is 24.3 Å². The molecule has 22 heavy (non-hydrogen) atoms. The van der Waals surface area contributed by atoms with E-state index in [2.05, 4.69) is 0 Å². The monoisotopic (exact) mass is 337 g/mol. The van der Waals surface area contributed by atoms with Gasteiger partial charge in [-0.3, -0.25) is 0 Å². The number of hydrogen-bond acceptors (Lipinski definition) is 3. The van der Waals surface area contributed by atoms with Crippen LogP contribution in [0.2, 0.25) is 0 Å². The van der Waals surface area contributed by atoms with Crippen molar-refractivity contribution < 1.29 is 26.7 Å². The Kier molecular flexibility index (Phi) is 4.84. The number of piperidine rings is 1. The molecule has 1 aromatic carbocycles. The fourth-order valence-corrected chi connectivity index (χ4v) is 3.96. The molecule has 1 N–H and O–H groups in total. The molecule has 0 saturated carbocycles. The van der Waals surface area contributed by atoms with E-state index in [0.717, 1.165) is 16.4 Å². The SMILES string of the molecule is CC1CCN(S(=O)(=O)Cc2cccc(C(F)(F)F)c2)CC1O. The highest BCUT2D eigenvalue weighted by Gasteiger charge is 2.33. The van der Waals surface area contributed by atoms with Gasteiger partial charge in [0, 0.05) is 13.1 Å². The van der Waals surface area contributed by atoms with Crippen molar-refractivity contribution in [3.63, 3.8) is 0 Å². The van der Waals surface area contributed by atoms with Crippen LogP contribution in [0.3, 0.4) is 0 Å². The van der Waals surface area contributed by atoms with Crippen molar-refractivity contribution in [2.45, 2.75) is 31.4 Å². The summed E-state index contributed by atoms with van der Waals surface area (Å²) in [6.07, 6.45) is -4.72. The quantitative estimate of drug-likeness (QED) is 0.920. The van der Waals surface area contributed by atoms with Crippen LogP contribution < -0.4 is 0 Å². The van der Waals surface area contributed by atoms with Crippen molar-refractivity contribution >= 4 is 10.0 Å². The van der Waals surface area contributed by atoms with Crippen molar-refractivity contribution in [2.24, 2.45) is 5.92 Å². The Morgan fingerprint density at radius 1 is 1.36 bits per heavy atom. The Balaban J connectivity index is 2.16. The fourth-order valence-electron chi connectivity index (χ4n) is 2.41. The molecule has 0 aliphatic carbocycles. The van der Waals surface area contributed by atoms with E-state index in [1.54, 1.807) is 0 Å². The van der Waals surface area contributed by atoms with Crippen molar-refractivity contribution in [3.8, 4) is 0 Å². The summed E-state index contributed by atoms with van der Waals surface area (Å²) in [4.78, 5) is 0. The van der Waals surface area contributed by atoms with Gasteiger partial charge in [-0.2, -0.15) is 17.5 Å². The summed E-state index contributed by atoms with van der Waals surface area (Å²) >= 11 is 0. The molecule has 2 unspecified atom stereocenters. The average molecular weight is 337 g/mol. The lowest BCUT2D eigenvalue weighted by molar-refractivity contribution is -0.137. The van der Waals surface area contributed by atoms with E-state index >= 15 is 0 Å². The molecule has 4 nitrogen and oxygen atoms in total. The van der Waals surface area contributed by atoms with Crippen LogP contribution in [0.25, 0.3) is 0 Å².